The van der Waals surface area contributed by atoms with Gasteiger partial charge in [0.1, 0.15) is 35.2 Å². The Bertz CT molecular complexity index is 2100. The molecule has 1 spiro atoms. The number of hydrogen-bond donors (Lipinski definition) is 2. The Morgan fingerprint density at radius 2 is 2.04 bits per heavy atom. The minimum atomic E-state index is -0.896. The van der Waals surface area contributed by atoms with Gasteiger partial charge in [0.05, 0.1) is 47.3 Å². The van der Waals surface area contributed by atoms with E-state index >= 15 is 4.39 Å². The molecule has 5 atom stereocenters. The molecule has 254 valence electrons. The summed E-state index contributed by atoms with van der Waals surface area (Å²) >= 11 is 1.32. The maximum Gasteiger partial charge on any atom is 0.319 e. The highest BCUT2D eigenvalue weighted by Crippen LogP contribution is 2.62. The molecule has 10 rings (SSSR count). The number of piperidine rings is 1. The third-order valence-electron chi connectivity index (χ3n) is 12.6. The third-order valence-corrected chi connectivity index (χ3v) is 13.6. The number of hydrogen-bond acceptors (Lipinski definition) is 11. The van der Waals surface area contributed by atoms with Crippen LogP contribution in [-0.2, 0) is 18.0 Å². The minimum absolute atomic E-state index is 0.0666. The SMILES string of the molecule is N#Cc1c(N)sc2cccc(-c3c4c(c5c(N6C7CCC78C6CN8CCCO)nc(OC[C@@]67CCCN6CC(F)C7)nc5c3F)COC4)c12. The van der Waals surface area contributed by atoms with E-state index in [2.05, 4.69) is 20.8 Å². The van der Waals surface area contributed by atoms with Gasteiger partial charge in [-0.1, -0.05) is 12.1 Å². The van der Waals surface area contributed by atoms with Gasteiger partial charge < -0.3 is 25.2 Å². The molecule has 0 bridgehead atoms. The number of piperazine rings is 1. The van der Waals surface area contributed by atoms with Crippen molar-refractivity contribution < 1.29 is 23.4 Å². The van der Waals surface area contributed by atoms with Crippen molar-refractivity contribution in [3.63, 3.8) is 0 Å². The van der Waals surface area contributed by atoms with Crippen molar-refractivity contribution >= 4 is 43.1 Å². The number of benzene rings is 2. The lowest BCUT2D eigenvalue weighted by Gasteiger charge is -2.81. The van der Waals surface area contributed by atoms with Gasteiger partial charge in [-0.05, 0) is 61.4 Å². The number of nitrogen functional groups attached to an aromatic ring is 1. The van der Waals surface area contributed by atoms with E-state index in [1.54, 1.807) is 0 Å². The summed E-state index contributed by atoms with van der Waals surface area (Å²) in [5.41, 5.74) is 8.99. The van der Waals surface area contributed by atoms with Crippen molar-refractivity contribution in [1.29, 1.82) is 5.26 Å². The molecule has 0 amide bonds. The molecule has 1 saturated carbocycles. The van der Waals surface area contributed by atoms with E-state index in [4.69, 9.17) is 25.2 Å². The zero-order chi connectivity index (χ0) is 33.2. The quantitative estimate of drug-likeness (QED) is 0.265. The first kappa shape index (κ1) is 30.2. The normalized spacial score (nSPS) is 30.0. The van der Waals surface area contributed by atoms with Crippen LogP contribution in [0.25, 0.3) is 32.1 Å². The zero-order valence-electron chi connectivity index (χ0n) is 27.1. The molecular formula is C36H37F2N7O3S. The number of ether oxygens (including phenoxy) is 2. The van der Waals surface area contributed by atoms with Crippen molar-refractivity contribution in [2.75, 3.05) is 50.0 Å². The van der Waals surface area contributed by atoms with Crippen molar-refractivity contribution in [3.05, 3.63) is 40.7 Å². The summed E-state index contributed by atoms with van der Waals surface area (Å²) in [4.78, 5) is 16.9. The molecule has 5 fully saturated rings. The molecule has 0 radical (unpaired) electrons. The fourth-order valence-electron chi connectivity index (χ4n) is 10.3. The van der Waals surface area contributed by atoms with E-state index in [0.29, 0.717) is 51.2 Å². The van der Waals surface area contributed by atoms with Gasteiger partial charge in [-0.2, -0.15) is 15.2 Å². The molecule has 5 aliphatic heterocycles. The molecular weight excluding hydrogens is 649 g/mol. The molecule has 4 unspecified atom stereocenters. The predicted molar refractivity (Wildman–Crippen MR) is 182 cm³/mol. The van der Waals surface area contributed by atoms with Crippen molar-refractivity contribution in [3.8, 4) is 23.2 Å². The van der Waals surface area contributed by atoms with Gasteiger partial charge in [0, 0.05) is 48.3 Å². The number of nitriles is 1. The zero-order valence-corrected chi connectivity index (χ0v) is 27.9. The lowest BCUT2D eigenvalue weighted by atomic mass is 9.52. The Morgan fingerprint density at radius 1 is 1.16 bits per heavy atom. The topological polar surface area (TPSA) is 124 Å². The predicted octanol–water partition coefficient (Wildman–Crippen LogP) is 4.88. The first-order valence-corrected chi connectivity index (χ1v) is 18.2. The number of fused-ring (bicyclic) bond motifs is 5. The number of aromatic nitrogens is 2. The molecule has 7 heterocycles. The fraction of sp³-hybridized carbons (Fsp3) is 0.528. The Kier molecular flexibility index (Phi) is 6.57. The Hall–Kier alpha value is -3.67. The van der Waals surface area contributed by atoms with Crippen LogP contribution < -0.4 is 15.4 Å². The molecule has 49 heavy (non-hydrogen) atoms. The van der Waals surface area contributed by atoms with Gasteiger partial charge in [0.15, 0.2) is 5.82 Å². The average molecular weight is 686 g/mol. The second-order valence-corrected chi connectivity index (χ2v) is 15.8. The van der Waals surface area contributed by atoms with Crippen molar-refractivity contribution in [2.24, 2.45) is 0 Å². The van der Waals surface area contributed by atoms with E-state index in [1.165, 1.54) is 11.3 Å². The number of likely N-dealkylation sites (tertiary alicyclic amines) is 1. The molecule has 3 N–H and O–H groups in total. The first-order valence-electron chi connectivity index (χ1n) is 17.4. The number of aliphatic hydroxyl groups excluding tert-OH is 1. The van der Waals surface area contributed by atoms with Crippen molar-refractivity contribution in [1.82, 2.24) is 19.8 Å². The molecule has 10 nitrogen and oxygen atoms in total. The Labute approximate surface area is 286 Å². The maximum atomic E-state index is 17.5. The van der Waals surface area contributed by atoms with Gasteiger partial charge >= 0.3 is 6.01 Å². The molecule has 6 aliphatic rings. The maximum absolute atomic E-state index is 17.5. The standard InChI is InChI=1S/C36H37F2N7O3S/c37-19-12-35(7-2-9-43(35)14-19)18-48-34-41-31-29(33(42-34)45-25-6-8-36(25)26(45)15-44(36)10-3-11-46)23-17-47-16-22(23)28(30(31)38)20-4-1-5-24-27(20)21(13-39)32(40)49-24/h1,4-5,19,25-26,46H,2-3,6-12,14-18,40H2/t19?,25?,26?,35-,36?/m0/s1. The van der Waals surface area contributed by atoms with Crippen LogP contribution in [0.1, 0.15) is 55.2 Å². The Balaban J connectivity index is 1.14. The highest BCUT2D eigenvalue weighted by Gasteiger charge is 2.75. The van der Waals surface area contributed by atoms with Gasteiger partial charge in [0.25, 0.3) is 0 Å². The minimum Gasteiger partial charge on any atom is -0.461 e. The summed E-state index contributed by atoms with van der Waals surface area (Å²) < 4.78 is 45.4. The molecule has 13 heteroatoms. The molecule has 2 aromatic carbocycles. The Morgan fingerprint density at radius 3 is 2.84 bits per heavy atom. The van der Waals surface area contributed by atoms with Crippen LogP contribution in [-0.4, -0.2) is 93.6 Å². The second kappa shape index (κ2) is 10.7. The molecule has 4 saturated heterocycles. The number of anilines is 2. The average Bonchev–Trinajstić information content (AvgIpc) is 3.84. The number of nitrogens with zero attached hydrogens (tertiary/aromatic N) is 6. The second-order valence-electron chi connectivity index (χ2n) is 14.7. The summed E-state index contributed by atoms with van der Waals surface area (Å²) in [7, 11) is 0. The van der Waals surface area contributed by atoms with Crippen LogP contribution >= 0.6 is 11.3 Å². The van der Waals surface area contributed by atoms with E-state index in [-0.39, 0.29) is 55.6 Å². The van der Waals surface area contributed by atoms with Gasteiger partial charge in [-0.25, -0.2) is 8.78 Å². The largest absolute Gasteiger partial charge is 0.461 e. The summed E-state index contributed by atoms with van der Waals surface area (Å²) in [5, 5.41) is 21.2. The molecule has 2 aromatic heterocycles. The number of aliphatic hydroxyl groups is 1. The smallest absolute Gasteiger partial charge is 0.319 e. The lowest BCUT2D eigenvalue weighted by molar-refractivity contribution is -0.178. The summed E-state index contributed by atoms with van der Waals surface area (Å²) in [6.07, 6.45) is 4.17. The van der Waals surface area contributed by atoms with Gasteiger partial charge in [-0.3, -0.25) is 9.80 Å². The highest BCUT2D eigenvalue weighted by molar-refractivity contribution is 7.23. The lowest BCUT2D eigenvalue weighted by Crippen LogP contribution is -2.96. The highest BCUT2D eigenvalue weighted by atomic mass is 32.1. The molecule has 4 aromatic rings. The van der Waals surface area contributed by atoms with Crippen molar-refractivity contribution in [2.45, 2.75) is 81.1 Å². The number of halogens is 2. The first-order chi connectivity index (χ1) is 23.9. The number of thiophene rings is 1. The monoisotopic (exact) mass is 685 g/mol. The fourth-order valence-corrected chi connectivity index (χ4v) is 11.3. The van der Waals surface area contributed by atoms with Gasteiger partial charge in [-0.15, -0.1) is 11.3 Å². The van der Waals surface area contributed by atoms with Crippen LogP contribution in [0.2, 0.25) is 0 Å². The van der Waals surface area contributed by atoms with Crippen LogP contribution in [0.3, 0.4) is 0 Å². The summed E-state index contributed by atoms with van der Waals surface area (Å²) in [6, 6.07) is 8.39. The number of nitrogens with two attached hydrogens (primary N) is 1. The number of alkyl halides is 1. The van der Waals surface area contributed by atoms with Crippen LogP contribution in [0.4, 0.5) is 19.6 Å². The van der Waals surface area contributed by atoms with Crippen LogP contribution in [0.5, 0.6) is 6.01 Å². The van der Waals surface area contributed by atoms with E-state index < -0.39 is 17.5 Å². The number of rotatable bonds is 8. The van der Waals surface area contributed by atoms with Gasteiger partial charge in [0.2, 0.25) is 0 Å². The van der Waals surface area contributed by atoms with E-state index in [1.807, 2.05) is 18.2 Å². The van der Waals surface area contributed by atoms with Crippen LogP contribution in [0, 0.1) is 17.1 Å². The van der Waals surface area contributed by atoms with Crippen LogP contribution in [0.15, 0.2) is 18.2 Å². The summed E-state index contributed by atoms with van der Waals surface area (Å²) in [6.45, 7) is 3.88. The molecule has 1 aliphatic carbocycles. The summed E-state index contributed by atoms with van der Waals surface area (Å²) in [5.74, 6) is 0.170. The van der Waals surface area contributed by atoms with E-state index in [0.717, 1.165) is 67.6 Å². The van der Waals surface area contributed by atoms with E-state index in [9.17, 15) is 14.8 Å². The third kappa shape index (κ3) is 3.92.